The number of H-pyrrole nitrogens is 1. The SMILES string of the molecule is CC(C)(C)OC(=O)NC(CN)c1cc(-c2ccccc2)n[nH]1. The van der Waals surface area contributed by atoms with Crippen LogP contribution in [0.15, 0.2) is 36.4 Å². The number of hydrogen-bond acceptors (Lipinski definition) is 4. The average molecular weight is 302 g/mol. The standard InChI is InChI=1S/C16H22N4O2/c1-16(2,3)22-15(21)18-14(10-17)13-9-12(19-20-13)11-7-5-4-6-8-11/h4-9,14H,10,17H2,1-3H3,(H,18,21)(H,19,20). The van der Waals surface area contributed by atoms with Gasteiger partial charge in [-0.25, -0.2) is 4.79 Å². The molecule has 1 unspecified atom stereocenters. The maximum absolute atomic E-state index is 11.9. The van der Waals surface area contributed by atoms with Gasteiger partial charge < -0.3 is 15.8 Å². The van der Waals surface area contributed by atoms with Gasteiger partial charge in [-0.3, -0.25) is 5.10 Å². The Morgan fingerprint density at radius 1 is 1.36 bits per heavy atom. The van der Waals surface area contributed by atoms with Crippen LogP contribution in [0.25, 0.3) is 11.3 Å². The lowest BCUT2D eigenvalue weighted by Gasteiger charge is -2.22. The smallest absolute Gasteiger partial charge is 0.408 e. The summed E-state index contributed by atoms with van der Waals surface area (Å²) < 4.78 is 5.24. The Morgan fingerprint density at radius 3 is 2.64 bits per heavy atom. The van der Waals surface area contributed by atoms with Crippen LogP contribution in [-0.4, -0.2) is 28.4 Å². The number of benzene rings is 1. The van der Waals surface area contributed by atoms with Gasteiger partial charge in [0, 0.05) is 12.1 Å². The molecule has 2 aromatic rings. The molecule has 0 fully saturated rings. The van der Waals surface area contributed by atoms with Crippen molar-refractivity contribution in [2.24, 2.45) is 5.73 Å². The molecule has 6 heteroatoms. The molecule has 22 heavy (non-hydrogen) atoms. The summed E-state index contributed by atoms with van der Waals surface area (Å²) in [4.78, 5) is 11.9. The molecular formula is C16H22N4O2. The first-order chi connectivity index (χ1) is 10.4. The lowest BCUT2D eigenvalue weighted by atomic mass is 10.1. The number of nitrogens with one attached hydrogen (secondary N) is 2. The largest absolute Gasteiger partial charge is 0.444 e. The molecule has 4 N–H and O–H groups in total. The van der Waals surface area contributed by atoms with Gasteiger partial charge in [0.2, 0.25) is 0 Å². The van der Waals surface area contributed by atoms with E-state index in [-0.39, 0.29) is 12.6 Å². The molecule has 0 aliphatic carbocycles. The van der Waals surface area contributed by atoms with Crippen LogP contribution in [0, 0.1) is 0 Å². The predicted molar refractivity (Wildman–Crippen MR) is 85.2 cm³/mol. The van der Waals surface area contributed by atoms with Crippen molar-refractivity contribution in [3.05, 3.63) is 42.1 Å². The van der Waals surface area contributed by atoms with Gasteiger partial charge in [-0.1, -0.05) is 30.3 Å². The Morgan fingerprint density at radius 2 is 2.05 bits per heavy atom. The monoisotopic (exact) mass is 302 g/mol. The number of amides is 1. The van der Waals surface area contributed by atoms with Crippen molar-refractivity contribution in [2.75, 3.05) is 6.54 Å². The van der Waals surface area contributed by atoms with Gasteiger partial charge in [0.1, 0.15) is 5.60 Å². The third-order valence-electron chi connectivity index (χ3n) is 2.97. The summed E-state index contributed by atoms with van der Waals surface area (Å²) in [6.07, 6.45) is -0.501. The van der Waals surface area contributed by atoms with E-state index in [4.69, 9.17) is 10.5 Å². The second kappa shape index (κ2) is 6.62. The van der Waals surface area contributed by atoms with Crippen LogP contribution in [0.3, 0.4) is 0 Å². The van der Waals surface area contributed by atoms with E-state index in [9.17, 15) is 4.79 Å². The number of aromatic amines is 1. The summed E-state index contributed by atoms with van der Waals surface area (Å²) in [5, 5.41) is 9.93. The lowest BCUT2D eigenvalue weighted by molar-refractivity contribution is 0.0504. The highest BCUT2D eigenvalue weighted by atomic mass is 16.6. The molecular weight excluding hydrogens is 280 g/mol. The van der Waals surface area contributed by atoms with Gasteiger partial charge >= 0.3 is 6.09 Å². The fourth-order valence-electron chi connectivity index (χ4n) is 1.99. The minimum absolute atomic E-state index is 0.246. The van der Waals surface area contributed by atoms with Gasteiger partial charge in [0.15, 0.2) is 0 Å². The molecule has 0 aliphatic heterocycles. The first-order valence-electron chi connectivity index (χ1n) is 7.19. The molecule has 1 heterocycles. The van der Waals surface area contributed by atoms with Gasteiger partial charge in [-0.05, 0) is 26.8 Å². The van der Waals surface area contributed by atoms with Crippen LogP contribution in [0.5, 0.6) is 0 Å². The average Bonchev–Trinajstić information content (AvgIpc) is 2.93. The zero-order valence-electron chi connectivity index (χ0n) is 13.1. The van der Waals surface area contributed by atoms with Crippen molar-refractivity contribution in [2.45, 2.75) is 32.4 Å². The number of rotatable bonds is 4. The van der Waals surface area contributed by atoms with Crippen LogP contribution in [0.1, 0.15) is 32.5 Å². The summed E-state index contributed by atoms with van der Waals surface area (Å²) in [5.74, 6) is 0. The second-order valence-corrected chi connectivity index (χ2v) is 6.01. The summed E-state index contributed by atoms with van der Waals surface area (Å²) in [6, 6.07) is 11.3. The van der Waals surface area contributed by atoms with Gasteiger partial charge in [-0.2, -0.15) is 5.10 Å². The number of alkyl carbamates (subject to hydrolysis) is 1. The number of aromatic nitrogens is 2. The Kier molecular flexibility index (Phi) is 4.82. The number of nitrogens with two attached hydrogens (primary N) is 1. The molecule has 0 radical (unpaired) electrons. The Hall–Kier alpha value is -2.34. The van der Waals surface area contributed by atoms with Crippen LogP contribution < -0.4 is 11.1 Å². The maximum atomic E-state index is 11.9. The van der Waals surface area contributed by atoms with E-state index in [0.717, 1.165) is 17.0 Å². The van der Waals surface area contributed by atoms with E-state index < -0.39 is 11.7 Å². The summed E-state index contributed by atoms with van der Waals surface area (Å²) >= 11 is 0. The Labute approximate surface area is 130 Å². The van der Waals surface area contributed by atoms with Gasteiger partial charge in [0.05, 0.1) is 17.4 Å². The molecule has 1 amide bonds. The van der Waals surface area contributed by atoms with E-state index in [1.54, 1.807) is 0 Å². The predicted octanol–water partition coefficient (Wildman–Crippen LogP) is 2.60. The molecule has 6 nitrogen and oxygen atoms in total. The first kappa shape index (κ1) is 16.0. The minimum atomic E-state index is -0.549. The third-order valence-corrected chi connectivity index (χ3v) is 2.97. The first-order valence-corrected chi connectivity index (χ1v) is 7.19. The molecule has 1 aromatic carbocycles. The second-order valence-electron chi connectivity index (χ2n) is 6.01. The van der Waals surface area contributed by atoms with Crippen LogP contribution in [-0.2, 0) is 4.74 Å². The number of nitrogens with zero attached hydrogens (tertiary/aromatic N) is 1. The van der Waals surface area contributed by atoms with Crippen molar-refractivity contribution in [3.8, 4) is 11.3 Å². The zero-order valence-corrected chi connectivity index (χ0v) is 13.1. The van der Waals surface area contributed by atoms with E-state index >= 15 is 0 Å². The molecule has 1 aromatic heterocycles. The van der Waals surface area contributed by atoms with Crippen molar-refractivity contribution in [3.63, 3.8) is 0 Å². The molecule has 0 bridgehead atoms. The van der Waals surface area contributed by atoms with Crippen molar-refractivity contribution < 1.29 is 9.53 Å². The highest BCUT2D eigenvalue weighted by molar-refractivity contribution is 5.68. The minimum Gasteiger partial charge on any atom is -0.444 e. The summed E-state index contributed by atoms with van der Waals surface area (Å²) in [7, 11) is 0. The van der Waals surface area contributed by atoms with Gasteiger partial charge in [-0.15, -0.1) is 0 Å². The number of carbonyl (C=O) groups is 1. The fourth-order valence-corrected chi connectivity index (χ4v) is 1.99. The summed E-state index contributed by atoms with van der Waals surface area (Å²) in [6.45, 7) is 5.69. The molecule has 118 valence electrons. The Balaban J connectivity index is 2.09. The normalized spacial score (nSPS) is 12.7. The molecule has 0 saturated heterocycles. The van der Waals surface area contributed by atoms with E-state index in [1.807, 2.05) is 57.2 Å². The molecule has 0 aliphatic rings. The number of ether oxygens (including phenoxy) is 1. The van der Waals surface area contributed by atoms with Crippen LogP contribution >= 0.6 is 0 Å². The highest BCUT2D eigenvalue weighted by Crippen LogP contribution is 2.20. The topological polar surface area (TPSA) is 93.0 Å². The van der Waals surface area contributed by atoms with Crippen molar-refractivity contribution in [1.29, 1.82) is 0 Å². The van der Waals surface area contributed by atoms with Gasteiger partial charge in [0.25, 0.3) is 0 Å². The zero-order chi connectivity index (χ0) is 16.2. The molecule has 2 rings (SSSR count). The van der Waals surface area contributed by atoms with Crippen LogP contribution in [0.2, 0.25) is 0 Å². The van der Waals surface area contributed by atoms with Crippen LogP contribution in [0.4, 0.5) is 4.79 Å². The molecule has 0 spiro atoms. The van der Waals surface area contributed by atoms with E-state index in [0.29, 0.717) is 0 Å². The van der Waals surface area contributed by atoms with E-state index in [1.165, 1.54) is 0 Å². The molecule has 1 atom stereocenters. The van der Waals surface area contributed by atoms with Crippen molar-refractivity contribution in [1.82, 2.24) is 15.5 Å². The number of carbonyl (C=O) groups excluding carboxylic acids is 1. The highest BCUT2D eigenvalue weighted by Gasteiger charge is 2.21. The molecule has 0 saturated carbocycles. The third kappa shape index (κ3) is 4.33. The fraction of sp³-hybridized carbons (Fsp3) is 0.375. The van der Waals surface area contributed by atoms with Crippen molar-refractivity contribution >= 4 is 6.09 Å². The number of hydrogen-bond donors (Lipinski definition) is 3. The van der Waals surface area contributed by atoms with E-state index in [2.05, 4.69) is 15.5 Å². The lowest BCUT2D eigenvalue weighted by Crippen LogP contribution is -2.37. The Bertz CT molecular complexity index is 617. The maximum Gasteiger partial charge on any atom is 0.408 e. The quantitative estimate of drug-likeness (QED) is 0.809. The summed E-state index contributed by atoms with van der Waals surface area (Å²) in [5.41, 5.74) is 7.74.